The third-order valence-corrected chi connectivity index (χ3v) is 3.12. The second-order valence-electron chi connectivity index (χ2n) is 4.55. The highest BCUT2D eigenvalue weighted by Crippen LogP contribution is 2.35. The van der Waals surface area contributed by atoms with Crippen molar-refractivity contribution in [2.45, 2.75) is 38.2 Å². The number of hydrogen-bond donors (Lipinski definition) is 1. The summed E-state index contributed by atoms with van der Waals surface area (Å²) in [5.41, 5.74) is 0.891. The summed E-state index contributed by atoms with van der Waals surface area (Å²) in [7, 11) is 0. The van der Waals surface area contributed by atoms with E-state index in [9.17, 15) is 4.79 Å². The first kappa shape index (κ1) is 11.0. The molecule has 1 unspecified atom stereocenters. The molecule has 2 rings (SSSR count). The summed E-state index contributed by atoms with van der Waals surface area (Å²) in [5.74, 6) is 0.144. The molecule has 0 amide bonds. The minimum atomic E-state index is -0.760. The highest BCUT2D eigenvalue weighted by Gasteiger charge is 2.31. The molecule has 1 aliphatic rings. The molecule has 0 spiro atoms. The van der Waals surface area contributed by atoms with Crippen LogP contribution in [0, 0.1) is 0 Å². The lowest BCUT2D eigenvalue weighted by molar-refractivity contribution is -0.138. The Morgan fingerprint density at radius 3 is 3.00 bits per heavy atom. The van der Waals surface area contributed by atoms with E-state index >= 15 is 0 Å². The van der Waals surface area contributed by atoms with Crippen LogP contribution in [0.1, 0.15) is 31.7 Å². The fraction of sp³-hybridized carbons (Fsp3) is 0.462. The minimum absolute atomic E-state index is 0.165. The molecule has 1 aromatic carbocycles. The lowest BCUT2D eigenvalue weighted by Gasteiger charge is -2.35. The monoisotopic (exact) mass is 220 g/mol. The Kier molecular flexibility index (Phi) is 2.86. The van der Waals surface area contributed by atoms with Crippen molar-refractivity contribution >= 4 is 5.97 Å². The van der Waals surface area contributed by atoms with Crippen LogP contribution in [0.4, 0.5) is 0 Å². The molecule has 16 heavy (non-hydrogen) atoms. The standard InChI is InChI=1S/C13H16O3/c1-13(9-7-12(14)15)8-6-10-4-2-3-5-11(10)16-13/h2-5H,6-9H2,1H3,(H,14,15). The Morgan fingerprint density at radius 1 is 1.50 bits per heavy atom. The number of carbonyl (C=O) groups is 1. The van der Waals surface area contributed by atoms with E-state index in [0.717, 1.165) is 18.6 Å². The fourth-order valence-corrected chi connectivity index (χ4v) is 2.07. The summed E-state index contributed by atoms with van der Waals surface area (Å²) >= 11 is 0. The van der Waals surface area contributed by atoms with Crippen LogP contribution in [0.25, 0.3) is 0 Å². The largest absolute Gasteiger partial charge is 0.487 e. The third kappa shape index (κ3) is 2.35. The normalized spacial score (nSPS) is 23.3. The number of carboxylic acids is 1. The maximum Gasteiger partial charge on any atom is 0.303 e. The average Bonchev–Trinajstić information content (AvgIpc) is 2.26. The van der Waals surface area contributed by atoms with Crippen LogP contribution in [0.15, 0.2) is 24.3 Å². The van der Waals surface area contributed by atoms with E-state index in [0.29, 0.717) is 6.42 Å². The fourth-order valence-electron chi connectivity index (χ4n) is 2.07. The van der Waals surface area contributed by atoms with E-state index in [-0.39, 0.29) is 12.0 Å². The van der Waals surface area contributed by atoms with Gasteiger partial charge in [0.15, 0.2) is 0 Å². The van der Waals surface area contributed by atoms with Gasteiger partial charge in [0.25, 0.3) is 0 Å². The zero-order valence-corrected chi connectivity index (χ0v) is 9.40. The molecule has 1 atom stereocenters. The number of aliphatic carboxylic acids is 1. The number of fused-ring (bicyclic) bond motifs is 1. The van der Waals surface area contributed by atoms with Crippen LogP contribution in [0.3, 0.4) is 0 Å². The van der Waals surface area contributed by atoms with Gasteiger partial charge >= 0.3 is 5.97 Å². The maximum atomic E-state index is 10.6. The zero-order chi connectivity index (χ0) is 11.6. The second kappa shape index (κ2) is 4.16. The molecule has 1 heterocycles. The third-order valence-electron chi connectivity index (χ3n) is 3.12. The quantitative estimate of drug-likeness (QED) is 0.851. The van der Waals surface area contributed by atoms with Gasteiger partial charge in [-0.2, -0.15) is 0 Å². The SMILES string of the molecule is CC1(CCC(=O)O)CCc2ccccc2O1. The summed E-state index contributed by atoms with van der Waals surface area (Å²) < 4.78 is 5.91. The van der Waals surface area contributed by atoms with Gasteiger partial charge < -0.3 is 9.84 Å². The Hall–Kier alpha value is -1.51. The van der Waals surface area contributed by atoms with Crippen LogP contribution in [-0.2, 0) is 11.2 Å². The number of para-hydroxylation sites is 1. The molecule has 0 saturated heterocycles. The van der Waals surface area contributed by atoms with Crippen LogP contribution < -0.4 is 4.74 Å². The molecule has 0 fully saturated rings. The van der Waals surface area contributed by atoms with Crippen LogP contribution in [-0.4, -0.2) is 16.7 Å². The number of benzene rings is 1. The van der Waals surface area contributed by atoms with Gasteiger partial charge in [0.1, 0.15) is 11.4 Å². The van der Waals surface area contributed by atoms with Gasteiger partial charge in [-0.3, -0.25) is 4.79 Å². The first-order valence-electron chi connectivity index (χ1n) is 5.58. The molecule has 0 bridgehead atoms. The van der Waals surface area contributed by atoms with Crippen LogP contribution in [0.5, 0.6) is 5.75 Å². The Balaban J connectivity index is 2.08. The number of hydrogen-bond acceptors (Lipinski definition) is 2. The Morgan fingerprint density at radius 2 is 2.25 bits per heavy atom. The van der Waals surface area contributed by atoms with Crippen molar-refractivity contribution in [2.24, 2.45) is 0 Å². The summed E-state index contributed by atoms with van der Waals surface area (Å²) in [6, 6.07) is 7.96. The first-order valence-corrected chi connectivity index (χ1v) is 5.58. The minimum Gasteiger partial charge on any atom is -0.487 e. The average molecular weight is 220 g/mol. The van der Waals surface area contributed by atoms with Gasteiger partial charge in [0, 0.05) is 6.42 Å². The number of carboxylic acid groups (broad SMARTS) is 1. The highest BCUT2D eigenvalue weighted by atomic mass is 16.5. The van der Waals surface area contributed by atoms with Crippen LogP contribution >= 0.6 is 0 Å². The summed E-state index contributed by atoms with van der Waals surface area (Å²) in [4.78, 5) is 10.6. The highest BCUT2D eigenvalue weighted by molar-refractivity contribution is 5.66. The zero-order valence-electron chi connectivity index (χ0n) is 9.40. The van der Waals surface area contributed by atoms with Crippen molar-refractivity contribution in [1.82, 2.24) is 0 Å². The predicted molar refractivity (Wildman–Crippen MR) is 60.7 cm³/mol. The topological polar surface area (TPSA) is 46.5 Å². The number of ether oxygens (including phenoxy) is 1. The summed E-state index contributed by atoms with van der Waals surface area (Å²) in [6.07, 6.45) is 2.58. The van der Waals surface area contributed by atoms with Crippen molar-refractivity contribution in [1.29, 1.82) is 0 Å². The molecule has 1 N–H and O–H groups in total. The summed E-state index contributed by atoms with van der Waals surface area (Å²) in [5, 5.41) is 8.70. The predicted octanol–water partition coefficient (Wildman–Crippen LogP) is 2.64. The Labute approximate surface area is 95.0 Å². The van der Waals surface area contributed by atoms with Crippen molar-refractivity contribution in [3.05, 3.63) is 29.8 Å². The molecular formula is C13H16O3. The van der Waals surface area contributed by atoms with Crippen molar-refractivity contribution in [3.8, 4) is 5.75 Å². The van der Waals surface area contributed by atoms with E-state index < -0.39 is 5.97 Å². The van der Waals surface area contributed by atoms with E-state index in [1.54, 1.807) is 0 Å². The molecule has 0 radical (unpaired) electrons. The molecule has 1 aromatic rings. The second-order valence-corrected chi connectivity index (χ2v) is 4.55. The van der Waals surface area contributed by atoms with E-state index in [2.05, 4.69) is 6.07 Å². The van der Waals surface area contributed by atoms with Gasteiger partial charge in [0.2, 0.25) is 0 Å². The lowest BCUT2D eigenvalue weighted by Crippen LogP contribution is -2.36. The van der Waals surface area contributed by atoms with Gasteiger partial charge in [-0.25, -0.2) is 0 Å². The first-order chi connectivity index (χ1) is 7.59. The lowest BCUT2D eigenvalue weighted by atomic mass is 9.89. The molecule has 0 aromatic heterocycles. The smallest absolute Gasteiger partial charge is 0.303 e. The van der Waals surface area contributed by atoms with E-state index in [1.807, 2.05) is 25.1 Å². The molecule has 0 aliphatic carbocycles. The number of rotatable bonds is 3. The molecule has 0 saturated carbocycles. The molecule has 86 valence electrons. The van der Waals surface area contributed by atoms with Gasteiger partial charge in [-0.15, -0.1) is 0 Å². The summed E-state index contributed by atoms with van der Waals surface area (Å²) in [6.45, 7) is 1.99. The van der Waals surface area contributed by atoms with Gasteiger partial charge in [0.05, 0.1) is 0 Å². The molecule has 1 aliphatic heterocycles. The van der Waals surface area contributed by atoms with Crippen molar-refractivity contribution in [2.75, 3.05) is 0 Å². The van der Waals surface area contributed by atoms with Crippen molar-refractivity contribution < 1.29 is 14.6 Å². The molecular weight excluding hydrogens is 204 g/mol. The number of aryl methyl sites for hydroxylation is 1. The van der Waals surface area contributed by atoms with Gasteiger partial charge in [-0.05, 0) is 37.8 Å². The molecule has 3 nitrogen and oxygen atoms in total. The van der Waals surface area contributed by atoms with Gasteiger partial charge in [-0.1, -0.05) is 18.2 Å². The Bertz CT molecular complexity index is 400. The maximum absolute atomic E-state index is 10.6. The van der Waals surface area contributed by atoms with E-state index in [1.165, 1.54) is 5.56 Å². The molecule has 3 heteroatoms. The van der Waals surface area contributed by atoms with Crippen molar-refractivity contribution in [3.63, 3.8) is 0 Å². The van der Waals surface area contributed by atoms with E-state index in [4.69, 9.17) is 9.84 Å². The van der Waals surface area contributed by atoms with Crippen LogP contribution in [0.2, 0.25) is 0 Å².